The molecule has 0 bridgehead atoms. The zero-order chi connectivity index (χ0) is 21.3. The average molecular weight is 433 g/mol. The van der Waals surface area contributed by atoms with E-state index in [1.165, 1.54) is 0 Å². The predicted octanol–water partition coefficient (Wildman–Crippen LogP) is 2.31. The first-order valence-corrected chi connectivity index (χ1v) is 9.75. The molecule has 2 amide bonds. The number of benzene rings is 1. The Hall–Kier alpha value is -3.47. The second-order valence-electron chi connectivity index (χ2n) is 6.25. The number of fused-ring (bicyclic) bond motifs is 1. The summed E-state index contributed by atoms with van der Waals surface area (Å²) < 4.78 is 7.59. The zero-order valence-electron chi connectivity index (χ0n) is 16.1. The number of amides is 2. The van der Waals surface area contributed by atoms with Crippen molar-refractivity contribution in [1.82, 2.24) is 29.8 Å². The maximum Gasteiger partial charge on any atom is 0.340 e. The van der Waals surface area contributed by atoms with Crippen molar-refractivity contribution >= 4 is 34.7 Å². The number of nitrogens with two attached hydrogens (primary N) is 1. The molecule has 2 aromatic heterocycles. The number of aromatic nitrogens is 4. The summed E-state index contributed by atoms with van der Waals surface area (Å²) in [5.41, 5.74) is 7.87. The number of rotatable bonds is 10. The molecule has 30 heavy (non-hydrogen) atoms. The zero-order valence-corrected chi connectivity index (χ0v) is 16.8. The van der Waals surface area contributed by atoms with E-state index in [4.69, 9.17) is 22.1 Å². The van der Waals surface area contributed by atoms with Crippen molar-refractivity contribution in [1.29, 1.82) is 0 Å². The van der Waals surface area contributed by atoms with E-state index in [0.717, 1.165) is 10.6 Å². The van der Waals surface area contributed by atoms with Gasteiger partial charge >= 0.3 is 6.03 Å². The van der Waals surface area contributed by atoms with Crippen molar-refractivity contribution in [3.63, 3.8) is 0 Å². The van der Waals surface area contributed by atoms with Crippen LogP contribution in [0.25, 0.3) is 11.2 Å². The number of hydrogen-bond acceptors (Lipinski definition) is 8. The van der Waals surface area contributed by atoms with E-state index in [1.54, 1.807) is 10.9 Å². The smallest absolute Gasteiger partial charge is 0.340 e. The van der Waals surface area contributed by atoms with Gasteiger partial charge in [0.1, 0.15) is 6.61 Å². The van der Waals surface area contributed by atoms with E-state index in [0.29, 0.717) is 43.2 Å². The summed E-state index contributed by atoms with van der Waals surface area (Å²) in [5, 5.41) is 5.98. The van der Waals surface area contributed by atoms with Gasteiger partial charge in [0.2, 0.25) is 11.8 Å². The Kier molecular flexibility index (Phi) is 7.33. The highest BCUT2D eigenvalue weighted by Gasteiger charge is 2.15. The number of nitrogens with one attached hydrogen (secondary N) is 1. The average Bonchev–Trinajstić information content (AvgIpc) is 3.16. The molecule has 1 aromatic carbocycles. The molecule has 2 heterocycles. The minimum atomic E-state index is -0.593. The molecule has 0 unspecified atom stereocenters. The second kappa shape index (κ2) is 10.3. The summed E-state index contributed by atoms with van der Waals surface area (Å²) in [6, 6.07) is 9.09. The summed E-state index contributed by atoms with van der Waals surface area (Å²) in [5.74, 6) is 0.507. The van der Waals surface area contributed by atoms with Crippen molar-refractivity contribution in [2.75, 3.05) is 24.7 Å². The van der Waals surface area contributed by atoms with Crippen LogP contribution in [0.2, 0.25) is 0 Å². The molecule has 3 rings (SSSR count). The molecule has 0 fully saturated rings. The van der Waals surface area contributed by atoms with Gasteiger partial charge in [-0.1, -0.05) is 30.3 Å². The molecule has 0 aliphatic heterocycles. The number of nitrogen functional groups attached to an aromatic ring is 1. The van der Waals surface area contributed by atoms with E-state index in [1.807, 2.05) is 30.3 Å². The minimum absolute atomic E-state index is 0.0466. The Morgan fingerprint density at radius 3 is 2.83 bits per heavy atom. The fraction of sp³-hybridized carbons (Fsp3) is 0.333. The first-order chi connectivity index (χ1) is 14.6. The number of ether oxygens (including phenoxy) is 1. The molecule has 0 radical (unpaired) electrons. The molecule has 12 heteroatoms. The molecule has 158 valence electrons. The predicted molar refractivity (Wildman–Crippen MR) is 112 cm³/mol. The summed E-state index contributed by atoms with van der Waals surface area (Å²) in [6.07, 6.45) is 2.18. The first kappa shape index (κ1) is 21.2. The van der Waals surface area contributed by atoms with Crippen molar-refractivity contribution in [3.8, 4) is 5.88 Å². The van der Waals surface area contributed by atoms with Crippen molar-refractivity contribution in [2.45, 2.75) is 19.6 Å². The molecule has 0 saturated heterocycles. The number of nitrogens with zero attached hydrogens (tertiary/aromatic N) is 6. The molecule has 0 aliphatic carbocycles. The highest BCUT2D eigenvalue weighted by molar-refractivity contribution is 6.18. The monoisotopic (exact) mass is 432 g/mol. The summed E-state index contributed by atoms with van der Waals surface area (Å²) >= 11 is 5.52. The highest BCUT2D eigenvalue weighted by atomic mass is 35.5. The van der Waals surface area contributed by atoms with Gasteiger partial charge in [-0.25, -0.2) is 9.78 Å². The van der Waals surface area contributed by atoms with Crippen LogP contribution < -0.4 is 15.8 Å². The SMILES string of the molecule is Nc1nc(OCc2ccccc2)c2ncn(CCCNC(=O)N(CCCl)N=O)c2n1. The molecule has 11 nitrogen and oxygen atoms in total. The van der Waals surface area contributed by atoms with Crippen molar-refractivity contribution in [2.24, 2.45) is 5.29 Å². The van der Waals surface area contributed by atoms with Gasteiger partial charge in [-0.3, -0.25) is 0 Å². The third-order valence-electron chi connectivity index (χ3n) is 4.15. The molecule has 0 saturated carbocycles. The number of carbonyl (C=O) groups excluding carboxylic acids is 1. The van der Waals surface area contributed by atoms with Gasteiger partial charge in [0, 0.05) is 19.0 Å². The Balaban J connectivity index is 1.61. The van der Waals surface area contributed by atoms with E-state index < -0.39 is 6.03 Å². The quantitative estimate of drug-likeness (QED) is 0.217. The van der Waals surface area contributed by atoms with Crippen molar-refractivity contribution < 1.29 is 9.53 Å². The van der Waals surface area contributed by atoms with Crippen LogP contribution in [0.3, 0.4) is 0 Å². The third kappa shape index (κ3) is 5.32. The highest BCUT2D eigenvalue weighted by Crippen LogP contribution is 2.23. The summed E-state index contributed by atoms with van der Waals surface area (Å²) in [7, 11) is 0. The minimum Gasteiger partial charge on any atom is -0.471 e. The Bertz CT molecular complexity index is 998. The van der Waals surface area contributed by atoms with Gasteiger partial charge in [0.25, 0.3) is 0 Å². The lowest BCUT2D eigenvalue weighted by Crippen LogP contribution is -2.38. The summed E-state index contributed by atoms with van der Waals surface area (Å²) in [6.45, 7) is 1.21. The maximum atomic E-state index is 11.8. The van der Waals surface area contributed by atoms with Crippen LogP contribution in [0.1, 0.15) is 12.0 Å². The Morgan fingerprint density at radius 2 is 2.10 bits per heavy atom. The Morgan fingerprint density at radius 1 is 1.30 bits per heavy atom. The largest absolute Gasteiger partial charge is 0.471 e. The van der Waals surface area contributed by atoms with E-state index in [2.05, 4.69) is 25.6 Å². The van der Waals surface area contributed by atoms with Crippen LogP contribution in [0.5, 0.6) is 5.88 Å². The Labute approximate surface area is 177 Å². The number of alkyl halides is 1. The fourth-order valence-electron chi connectivity index (χ4n) is 2.72. The number of nitroso groups, excluding NO2 is 1. The number of imidazole rings is 1. The van der Waals surface area contributed by atoms with Crippen LogP contribution in [-0.4, -0.2) is 49.5 Å². The van der Waals surface area contributed by atoms with Gasteiger partial charge in [0.05, 0.1) is 18.2 Å². The number of anilines is 1. The topological polar surface area (TPSA) is 141 Å². The number of halogens is 1. The maximum absolute atomic E-state index is 11.8. The van der Waals surface area contributed by atoms with Gasteiger partial charge in [0.15, 0.2) is 11.2 Å². The van der Waals surface area contributed by atoms with Crippen LogP contribution in [-0.2, 0) is 13.2 Å². The second-order valence-corrected chi connectivity index (χ2v) is 6.63. The normalized spacial score (nSPS) is 10.7. The first-order valence-electron chi connectivity index (χ1n) is 9.22. The number of carbonyl (C=O) groups is 1. The molecular weight excluding hydrogens is 412 g/mol. The molecule has 0 aliphatic rings. The number of hydrogen-bond donors (Lipinski definition) is 2. The lowest BCUT2D eigenvalue weighted by atomic mass is 10.2. The van der Waals surface area contributed by atoms with Gasteiger partial charge in [-0.2, -0.15) is 15.0 Å². The fourth-order valence-corrected chi connectivity index (χ4v) is 2.88. The van der Waals surface area contributed by atoms with Gasteiger partial charge in [-0.05, 0) is 12.0 Å². The molecule has 0 spiro atoms. The molecular formula is C18H21ClN8O3. The lowest BCUT2D eigenvalue weighted by molar-refractivity contribution is 0.202. The van der Waals surface area contributed by atoms with Crippen LogP contribution in [0.4, 0.5) is 10.7 Å². The molecule has 3 N–H and O–H groups in total. The van der Waals surface area contributed by atoms with Gasteiger partial charge in [-0.15, -0.1) is 16.5 Å². The third-order valence-corrected chi connectivity index (χ3v) is 4.32. The lowest BCUT2D eigenvalue weighted by Gasteiger charge is -2.13. The number of aryl methyl sites for hydroxylation is 1. The van der Waals surface area contributed by atoms with E-state index >= 15 is 0 Å². The van der Waals surface area contributed by atoms with Crippen LogP contribution in [0, 0.1) is 4.91 Å². The molecule has 0 atom stereocenters. The summed E-state index contributed by atoms with van der Waals surface area (Å²) in [4.78, 5) is 35.2. The van der Waals surface area contributed by atoms with Crippen LogP contribution in [0.15, 0.2) is 41.9 Å². The van der Waals surface area contributed by atoms with E-state index in [-0.39, 0.29) is 18.4 Å². The van der Waals surface area contributed by atoms with Crippen molar-refractivity contribution in [3.05, 3.63) is 47.1 Å². The standard InChI is InChI=1S/C18H21ClN8O3/c19-7-10-27(25-29)18(28)21-8-4-9-26-12-22-14-15(26)23-17(20)24-16(14)30-11-13-5-2-1-3-6-13/h1-3,5-6,12H,4,7-11H2,(H,21,28)(H2,20,23,24). The van der Waals surface area contributed by atoms with Gasteiger partial charge < -0.3 is 20.4 Å². The number of urea groups is 1. The van der Waals surface area contributed by atoms with E-state index in [9.17, 15) is 9.70 Å². The van der Waals surface area contributed by atoms with Crippen LogP contribution >= 0.6 is 11.6 Å². The molecule has 3 aromatic rings.